The monoisotopic (exact) mass is 292 g/mol. The average Bonchev–Trinajstić information content (AvgIpc) is 2.87. The molecule has 0 saturated carbocycles. The fourth-order valence-corrected chi connectivity index (χ4v) is 2.31. The van der Waals surface area contributed by atoms with Gasteiger partial charge in [0.15, 0.2) is 0 Å². The highest BCUT2D eigenvalue weighted by Gasteiger charge is 2.29. The maximum Gasteiger partial charge on any atom is 0.323 e. The third-order valence-electron chi connectivity index (χ3n) is 3.69. The van der Waals surface area contributed by atoms with E-state index in [1.807, 2.05) is 38.1 Å². The summed E-state index contributed by atoms with van der Waals surface area (Å²) in [6.07, 6.45) is 0.693. The van der Waals surface area contributed by atoms with E-state index in [9.17, 15) is 9.59 Å². The minimum absolute atomic E-state index is 0.140. The van der Waals surface area contributed by atoms with Gasteiger partial charge in [-0.2, -0.15) is 0 Å². The van der Waals surface area contributed by atoms with Gasteiger partial charge in [-0.25, -0.2) is 4.79 Å². The highest BCUT2D eigenvalue weighted by molar-refractivity contribution is 5.80. The Kier molecular flexibility index (Phi) is 4.67. The average molecular weight is 292 g/mol. The number of fused-ring (bicyclic) bond motifs is 1. The maximum atomic E-state index is 12.3. The molecule has 1 aliphatic rings. The summed E-state index contributed by atoms with van der Waals surface area (Å²) in [5.41, 5.74) is 0.922. The second kappa shape index (κ2) is 6.47. The van der Waals surface area contributed by atoms with Gasteiger partial charge in [0, 0.05) is 11.6 Å². The SMILES string of the molecule is CCC(C)N(CC(=O)O)C(=O)NC1COc2ccccc21. The quantitative estimate of drug-likeness (QED) is 0.870. The summed E-state index contributed by atoms with van der Waals surface area (Å²) in [7, 11) is 0. The van der Waals surface area contributed by atoms with E-state index in [-0.39, 0.29) is 24.7 Å². The number of carbonyl (C=O) groups excluding carboxylic acids is 1. The van der Waals surface area contributed by atoms with Crippen LogP contribution in [-0.4, -0.2) is 41.2 Å². The van der Waals surface area contributed by atoms with Crippen LogP contribution in [0, 0.1) is 0 Å². The number of aliphatic carboxylic acids is 1. The first-order valence-corrected chi connectivity index (χ1v) is 7.03. The Balaban J connectivity index is 2.07. The Morgan fingerprint density at radius 3 is 2.86 bits per heavy atom. The van der Waals surface area contributed by atoms with Gasteiger partial charge in [-0.15, -0.1) is 0 Å². The Morgan fingerprint density at radius 1 is 1.48 bits per heavy atom. The number of nitrogens with zero attached hydrogens (tertiary/aromatic N) is 1. The molecular formula is C15H20N2O4. The number of rotatable bonds is 5. The van der Waals surface area contributed by atoms with Crippen molar-refractivity contribution in [3.63, 3.8) is 0 Å². The molecule has 114 valence electrons. The zero-order valence-corrected chi connectivity index (χ0v) is 12.2. The zero-order valence-electron chi connectivity index (χ0n) is 12.2. The van der Waals surface area contributed by atoms with Crippen molar-refractivity contribution in [2.24, 2.45) is 0 Å². The van der Waals surface area contributed by atoms with Crippen LogP contribution in [-0.2, 0) is 4.79 Å². The molecule has 1 aromatic carbocycles. The van der Waals surface area contributed by atoms with E-state index in [2.05, 4.69) is 5.32 Å². The summed E-state index contributed by atoms with van der Waals surface area (Å²) in [4.78, 5) is 24.6. The van der Waals surface area contributed by atoms with Gasteiger partial charge >= 0.3 is 12.0 Å². The lowest BCUT2D eigenvalue weighted by Gasteiger charge is -2.28. The third kappa shape index (κ3) is 3.45. The van der Waals surface area contributed by atoms with Crippen molar-refractivity contribution in [2.75, 3.05) is 13.2 Å². The minimum atomic E-state index is -1.02. The topological polar surface area (TPSA) is 78.9 Å². The predicted molar refractivity (Wildman–Crippen MR) is 77.3 cm³/mol. The number of nitrogens with one attached hydrogen (secondary N) is 1. The molecule has 1 aromatic rings. The van der Waals surface area contributed by atoms with Crippen molar-refractivity contribution in [2.45, 2.75) is 32.4 Å². The number of carboxylic acid groups (broad SMARTS) is 1. The summed E-state index contributed by atoms with van der Waals surface area (Å²) in [6, 6.07) is 6.75. The highest BCUT2D eigenvalue weighted by Crippen LogP contribution is 2.31. The standard InChI is InChI=1S/C15H20N2O4/c1-3-10(2)17(8-14(18)19)15(20)16-12-9-21-13-7-5-4-6-11(12)13/h4-7,10,12H,3,8-9H2,1-2H3,(H,16,20)(H,18,19). The number of hydrogen-bond acceptors (Lipinski definition) is 3. The molecule has 2 unspecified atom stereocenters. The van der Waals surface area contributed by atoms with Gasteiger partial charge in [0.1, 0.15) is 18.9 Å². The van der Waals surface area contributed by atoms with Crippen LogP contribution >= 0.6 is 0 Å². The molecule has 0 bridgehead atoms. The van der Waals surface area contributed by atoms with Crippen LogP contribution in [0.15, 0.2) is 24.3 Å². The number of amides is 2. The van der Waals surface area contributed by atoms with Crippen molar-refractivity contribution in [3.05, 3.63) is 29.8 Å². The lowest BCUT2D eigenvalue weighted by atomic mass is 10.1. The summed E-state index contributed by atoms with van der Waals surface area (Å²) >= 11 is 0. The van der Waals surface area contributed by atoms with Crippen LogP contribution < -0.4 is 10.1 Å². The van der Waals surface area contributed by atoms with Crippen LogP contribution in [0.1, 0.15) is 31.9 Å². The Hall–Kier alpha value is -2.24. The van der Waals surface area contributed by atoms with Crippen molar-refractivity contribution in [1.29, 1.82) is 0 Å². The van der Waals surface area contributed by atoms with E-state index in [0.717, 1.165) is 11.3 Å². The molecule has 0 aliphatic carbocycles. The van der Waals surface area contributed by atoms with E-state index in [1.54, 1.807) is 0 Å². The second-order valence-corrected chi connectivity index (χ2v) is 5.13. The largest absolute Gasteiger partial charge is 0.491 e. The van der Waals surface area contributed by atoms with E-state index < -0.39 is 5.97 Å². The number of ether oxygens (including phenoxy) is 1. The molecule has 21 heavy (non-hydrogen) atoms. The van der Waals surface area contributed by atoms with Crippen molar-refractivity contribution in [3.8, 4) is 5.75 Å². The van der Waals surface area contributed by atoms with Gasteiger partial charge in [0.05, 0.1) is 6.04 Å². The minimum Gasteiger partial charge on any atom is -0.491 e. The lowest BCUT2D eigenvalue weighted by molar-refractivity contribution is -0.138. The first kappa shape index (κ1) is 15.2. The third-order valence-corrected chi connectivity index (χ3v) is 3.69. The first-order valence-electron chi connectivity index (χ1n) is 7.03. The maximum absolute atomic E-state index is 12.3. The van der Waals surface area contributed by atoms with Gasteiger partial charge in [-0.1, -0.05) is 25.1 Å². The van der Waals surface area contributed by atoms with Gasteiger partial charge in [-0.3, -0.25) is 4.79 Å². The van der Waals surface area contributed by atoms with Gasteiger partial charge in [0.25, 0.3) is 0 Å². The lowest BCUT2D eigenvalue weighted by Crippen LogP contribution is -2.48. The molecule has 2 rings (SSSR count). The van der Waals surface area contributed by atoms with Crippen molar-refractivity contribution in [1.82, 2.24) is 10.2 Å². The van der Waals surface area contributed by atoms with E-state index in [1.165, 1.54) is 4.90 Å². The molecule has 2 amide bonds. The van der Waals surface area contributed by atoms with Gasteiger partial charge < -0.3 is 20.1 Å². The first-order chi connectivity index (χ1) is 10.0. The summed E-state index contributed by atoms with van der Waals surface area (Å²) in [6.45, 7) is 3.81. The van der Waals surface area contributed by atoms with Crippen LogP contribution in [0.3, 0.4) is 0 Å². The summed E-state index contributed by atoms with van der Waals surface area (Å²) in [5, 5.41) is 11.8. The highest BCUT2D eigenvalue weighted by atomic mass is 16.5. The zero-order chi connectivity index (χ0) is 15.4. The van der Waals surface area contributed by atoms with E-state index in [0.29, 0.717) is 13.0 Å². The molecule has 1 aliphatic heterocycles. The molecular weight excluding hydrogens is 272 g/mol. The Labute approximate surface area is 123 Å². The van der Waals surface area contributed by atoms with Crippen LogP contribution in [0.25, 0.3) is 0 Å². The van der Waals surface area contributed by atoms with E-state index in [4.69, 9.17) is 9.84 Å². The fraction of sp³-hybridized carbons (Fsp3) is 0.467. The molecule has 6 heteroatoms. The molecule has 2 N–H and O–H groups in total. The Morgan fingerprint density at radius 2 is 2.19 bits per heavy atom. The van der Waals surface area contributed by atoms with Crippen LogP contribution in [0.4, 0.5) is 4.79 Å². The number of urea groups is 1. The molecule has 0 spiro atoms. The van der Waals surface area contributed by atoms with E-state index >= 15 is 0 Å². The molecule has 0 radical (unpaired) electrons. The molecule has 1 heterocycles. The van der Waals surface area contributed by atoms with Crippen LogP contribution in [0.5, 0.6) is 5.75 Å². The number of hydrogen-bond donors (Lipinski definition) is 2. The van der Waals surface area contributed by atoms with Crippen molar-refractivity contribution >= 4 is 12.0 Å². The number of para-hydroxylation sites is 1. The second-order valence-electron chi connectivity index (χ2n) is 5.13. The molecule has 2 atom stereocenters. The predicted octanol–water partition coefficient (Wildman–Crippen LogP) is 2.01. The number of carbonyl (C=O) groups is 2. The smallest absolute Gasteiger partial charge is 0.323 e. The summed E-state index contributed by atoms with van der Waals surface area (Å²) in [5.74, 6) is -0.260. The molecule has 0 aromatic heterocycles. The molecule has 0 saturated heterocycles. The molecule has 0 fully saturated rings. The normalized spacial score (nSPS) is 17.5. The number of benzene rings is 1. The molecule has 6 nitrogen and oxygen atoms in total. The summed E-state index contributed by atoms with van der Waals surface area (Å²) < 4.78 is 5.51. The Bertz CT molecular complexity index is 532. The van der Waals surface area contributed by atoms with Gasteiger partial charge in [0.2, 0.25) is 0 Å². The van der Waals surface area contributed by atoms with Crippen molar-refractivity contribution < 1.29 is 19.4 Å². The number of carboxylic acids is 1. The van der Waals surface area contributed by atoms with Crippen LogP contribution in [0.2, 0.25) is 0 Å². The van der Waals surface area contributed by atoms with Gasteiger partial charge in [-0.05, 0) is 19.4 Å². The fourth-order valence-electron chi connectivity index (χ4n) is 2.31.